The molecule has 8 heteroatoms. The van der Waals surface area contributed by atoms with Gasteiger partial charge in [0.2, 0.25) is 11.1 Å². The molecule has 2 N–H and O–H groups in total. The van der Waals surface area contributed by atoms with Gasteiger partial charge in [-0.15, -0.1) is 10.2 Å². The van der Waals surface area contributed by atoms with Gasteiger partial charge in [0.1, 0.15) is 0 Å². The molecule has 23 heavy (non-hydrogen) atoms. The first-order valence-corrected chi connectivity index (χ1v) is 9.16. The van der Waals surface area contributed by atoms with Crippen LogP contribution in [0.1, 0.15) is 19.8 Å². The number of rotatable bonds is 4. The third kappa shape index (κ3) is 3.37. The molecular weight excluding hydrogens is 378 g/mol. The molecule has 6 nitrogen and oxygen atoms in total. The fourth-order valence-corrected chi connectivity index (χ4v) is 3.90. The summed E-state index contributed by atoms with van der Waals surface area (Å²) in [5, 5.41) is 8.62. The normalized spacial score (nSPS) is 15.8. The highest BCUT2D eigenvalue weighted by Crippen LogP contribution is 2.29. The number of aromatic nitrogens is 3. The van der Waals surface area contributed by atoms with Gasteiger partial charge in [0, 0.05) is 23.1 Å². The van der Waals surface area contributed by atoms with Crippen LogP contribution in [-0.2, 0) is 4.79 Å². The van der Waals surface area contributed by atoms with Gasteiger partial charge in [-0.2, -0.15) is 0 Å². The van der Waals surface area contributed by atoms with Gasteiger partial charge in [0.25, 0.3) is 0 Å². The van der Waals surface area contributed by atoms with Gasteiger partial charge in [-0.3, -0.25) is 4.79 Å². The van der Waals surface area contributed by atoms with E-state index >= 15 is 0 Å². The number of hydrogen-bond donors (Lipinski definition) is 1. The zero-order chi connectivity index (χ0) is 16.4. The number of hydrogen-bond acceptors (Lipinski definition) is 5. The molecule has 1 aromatic carbocycles. The summed E-state index contributed by atoms with van der Waals surface area (Å²) in [5.41, 5.74) is 0.868. The SMILES string of the molecule is C[C@H](Sc1nnc(-c2ccccc2Br)n1N)C(=O)N1CCCC1. The summed E-state index contributed by atoms with van der Waals surface area (Å²) in [7, 11) is 0. The molecule has 0 bridgehead atoms. The Balaban J connectivity index is 1.77. The first-order valence-electron chi connectivity index (χ1n) is 7.48. The summed E-state index contributed by atoms with van der Waals surface area (Å²) in [6.45, 7) is 3.58. The maximum atomic E-state index is 12.4. The fourth-order valence-electron chi connectivity index (χ4n) is 2.59. The molecule has 122 valence electrons. The molecule has 0 spiro atoms. The van der Waals surface area contributed by atoms with E-state index in [1.54, 1.807) is 0 Å². The highest BCUT2D eigenvalue weighted by molar-refractivity contribution is 9.10. The van der Waals surface area contributed by atoms with Gasteiger partial charge in [-0.05, 0) is 31.9 Å². The Morgan fingerprint density at radius 2 is 2.00 bits per heavy atom. The van der Waals surface area contributed by atoms with Crippen LogP contribution in [0.2, 0.25) is 0 Å². The Morgan fingerprint density at radius 3 is 2.70 bits per heavy atom. The number of thioether (sulfide) groups is 1. The minimum atomic E-state index is -0.230. The van der Waals surface area contributed by atoms with E-state index in [2.05, 4.69) is 26.1 Å². The monoisotopic (exact) mass is 395 g/mol. The third-order valence-electron chi connectivity index (χ3n) is 3.83. The van der Waals surface area contributed by atoms with Gasteiger partial charge < -0.3 is 10.7 Å². The number of carbonyl (C=O) groups excluding carboxylic acids is 1. The summed E-state index contributed by atoms with van der Waals surface area (Å²) < 4.78 is 2.34. The van der Waals surface area contributed by atoms with Gasteiger partial charge >= 0.3 is 0 Å². The van der Waals surface area contributed by atoms with Crippen molar-refractivity contribution in [2.24, 2.45) is 0 Å². The maximum Gasteiger partial charge on any atom is 0.235 e. The van der Waals surface area contributed by atoms with Crippen molar-refractivity contribution >= 4 is 33.6 Å². The van der Waals surface area contributed by atoms with Crippen molar-refractivity contribution < 1.29 is 4.79 Å². The minimum absolute atomic E-state index is 0.137. The maximum absolute atomic E-state index is 12.4. The highest BCUT2D eigenvalue weighted by atomic mass is 79.9. The zero-order valence-electron chi connectivity index (χ0n) is 12.8. The quantitative estimate of drug-likeness (QED) is 0.635. The Morgan fingerprint density at radius 1 is 1.30 bits per heavy atom. The largest absolute Gasteiger partial charge is 0.342 e. The molecule has 1 aromatic heterocycles. The van der Waals surface area contributed by atoms with Crippen molar-refractivity contribution in [3.8, 4) is 11.4 Å². The molecule has 0 unspecified atom stereocenters. The van der Waals surface area contributed by atoms with Crippen LogP contribution in [0.4, 0.5) is 0 Å². The highest BCUT2D eigenvalue weighted by Gasteiger charge is 2.26. The molecular formula is C15H18BrN5OS. The lowest BCUT2D eigenvalue weighted by Crippen LogP contribution is -2.34. The van der Waals surface area contributed by atoms with E-state index in [-0.39, 0.29) is 11.2 Å². The molecule has 0 aliphatic carbocycles. The van der Waals surface area contributed by atoms with E-state index < -0.39 is 0 Å². The van der Waals surface area contributed by atoms with Crippen molar-refractivity contribution in [2.45, 2.75) is 30.2 Å². The van der Waals surface area contributed by atoms with Crippen LogP contribution in [0, 0.1) is 0 Å². The number of halogens is 1. The molecule has 1 amide bonds. The molecule has 1 atom stereocenters. The van der Waals surface area contributed by atoms with Crippen LogP contribution in [0.15, 0.2) is 33.9 Å². The van der Waals surface area contributed by atoms with Crippen LogP contribution in [0.25, 0.3) is 11.4 Å². The van der Waals surface area contributed by atoms with Crippen LogP contribution in [0.5, 0.6) is 0 Å². The van der Waals surface area contributed by atoms with Crippen molar-refractivity contribution in [2.75, 3.05) is 18.9 Å². The van der Waals surface area contributed by atoms with Crippen LogP contribution in [-0.4, -0.2) is 44.0 Å². The number of nitrogens with two attached hydrogens (primary N) is 1. The lowest BCUT2D eigenvalue weighted by molar-refractivity contribution is -0.129. The summed E-state index contributed by atoms with van der Waals surface area (Å²) in [6, 6.07) is 7.69. The number of carbonyl (C=O) groups is 1. The Labute approximate surface area is 147 Å². The van der Waals surface area contributed by atoms with Gasteiger partial charge in [-0.25, -0.2) is 4.68 Å². The van der Waals surface area contributed by atoms with E-state index in [0.717, 1.165) is 36.0 Å². The molecule has 3 rings (SSSR count). The lowest BCUT2D eigenvalue weighted by Gasteiger charge is -2.19. The second kappa shape index (κ2) is 6.92. The Hall–Kier alpha value is -1.54. The first kappa shape index (κ1) is 16.3. The second-order valence-corrected chi connectivity index (χ2v) is 7.61. The topological polar surface area (TPSA) is 77.0 Å². The fraction of sp³-hybridized carbons (Fsp3) is 0.400. The number of nitrogen functional groups attached to an aromatic ring is 1. The molecule has 2 heterocycles. The Bertz CT molecular complexity index is 714. The first-order chi connectivity index (χ1) is 11.1. The number of nitrogens with zero attached hydrogens (tertiary/aromatic N) is 4. The predicted molar refractivity (Wildman–Crippen MR) is 94.4 cm³/mol. The number of likely N-dealkylation sites (tertiary alicyclic amines) is 1. The average Bonchev–Trinajstić information content (AvgIpc) is 3.19. The van der Waals surface area contributed by atoms with Crippen molar-refractivity contribution in [3.05, 3.63) is 28.7 Å². The van der Waals surface area contributed by atoms with E-state index in [1.807, 2.05) is 36.1 Å². The van der Waals surface area contributed by atoms with E-state index in [4.69, 9.17) is 5.84 Å². The number of amides is 1. The second-order valence-electron chi connectivity index (χ2n) is 5.45. The predicted octanol–water partition coefficient (Wildman–Crippen LogP) is 2.52. The molecule has 1 aliphatic rings. The summed E-state index contributed by atoms with van der Waals surface area (Å²) in [6.07, 6.45) is 2.17. The smallest absolute Gasteiger partial charge is 0.235 e. The lowest BCUT2D eigenvalue weighted by atomic mass is 10.2. The molecule has 2 aromatic rings. The van der Waals surface area contributed by atoms with E-state index in [1.165, 1.54) is 16.4 Å². The van der Waals surface area contributed by atoms with Crippen LogP contribution >= 0.6 is 27.7 Å². The summed E-state index contributed by atoms with van der Waals surface area (Å²) in [4.78, 5) is 14.3. The molecule has 0 saturated carbocycles. The summed E-state index contributed by atoms with van der Waals surface area (Å²) >= 11 is 4.84. The van der Waals surface area contributed by atoms with E-state index in [9.17, 15) is 4.79 Å². The zero-order valence-corrected chi connectivity index (χ0v) is 15.2. The standard InChI is InChI=1S/C15H18BrN5OS/c1-10(14(22)20-8-4-5-9-20)23-15-19-18-13(21(15)17)11-6-2-3-7-12(11)16/h2-3,6-7,10H,4-5,8-9,17H2,1H3/t10-/m0/s1. The van der Waals surface area contributed by atoms with Crippen molar-refractivity contribution in [1.82, 2.24) is 19.8 Å². The van der Waals surface area contributed by atoms with Crippen molar-refractivity contribution in [3.63, 3.8) is 0 Å². The van der Waals surface area contributed by atoms with Gasteiger partial charge in [0.15, 0.2) is 5.82 Å². The molecule has 1 saturated heterocycles. The third-order valence-corrected chi connectivity index (χ3v) is 5.56. The van der Waals surface area contributed by atoms with Crippen LogP contribution in [0.3, 0.4) is 0 Å². The van der Waals surface area contributed by atoms with Crippen LogP contribution < -0.4 is 5.84 Å². The molecule has 0 radical (unpaired) electrons. The van der Waals surface area contributed by atoms with Gasteiger partial charge in [-0.1, -0.05) is 39.8 Å². The molecule has 1 fully saturated rings. The number of benzene rings is 1. The molecule has 1 aliphatic heterocycles. The average molecular weight is 396 g/mol. The summed E-state index contributed by atoms with van der Waals surface area (Å²) in [5.74, 6) is 6.84. The van der Waals surface area contributed by atoms with Gasteiger partial charge in [0.05, 0.1) is 5.25 Å². The van der Waals surface area contributed by atoms with E-state index in [0.29, 0.717) is 11.0 Å². The van der Waals surface area contributed by atoms with Crippen molar-refractivity contribution in [1.29, 1.82) is 0 Å². The Kier molecular flexibility index (Phi) is 4.91. The minimum Gasteiger partial charge on any atom is -0.342 e.